The minimum atomic E-state index is -1.77. The average molecular weight is 168 g/mol. The normalized spacial score (nSPS) is 5.62. The molecule has 0 aliphatic carbocycles. The maximum atomic E-state index is 9.10. The molecular weight excluding hydrogens is 166 g/mol. The van der Waals surface area contributed by atoms with E-state index in [1.165, 1.54) is 0 Å². The number of carbonyl (C=O) groups is 1. The van der Waals surface area contributed by atoms with E-state index in [-0.39, 0.29) is 103 Å². The van der Waals surface area contributed by atoms with E-state index < -0.39 is 12.9 Å². The summed E-state index contributed by atoms with van der Waals surface area (Å²) in [7, 11) is 0. The van der Waals surface area contributed by atoms with E-state index in [9.17, 15) is 0 Å². The number of hydrogen-bond donors (Lipinski definition) is 0. The van der Waals surface area contributed by atoms with Gasteiger partial charge in [-0.25, -0.2) is 0 Å². The Morgan fingerprint density at radius 2 is 1.88 bits per heavy atom. The smallest absolute Gasteiger partial charge is 0.839 e. The van der Waals surface area contributed by atoms with Gasteiger partial charge in [-0.05, 0) is 0 Å². The Morgan fingerprint density at radius 3 is 1.88 bits per heavy atom. The first-order valence-corrected chi connectivity index (χ1v) is 1.19. The largest absolute Gasteiger partial charge is 1.00 e. The van der Waals surface area contributed by atoms with Crippen LogP contribution in [0.3, 0.4) is 0 Å². The van der Waals surface area contributed by atoms with Crippen LogP contribution in [0.1, 0.15) is 0 Å². The van der Waals surface area contributed by atoms with E-state index in [0.717, 1.165) is 0 Å². The van der Waals surface area contributed by atoms with Gasteiger partial charge in [-0.3, -0.25) is 0 Å². The molecule has 0 N–H and O–H groups in total. The fourth-order valence-corrected chi connectivity index (χ4v) is 0.0481. The third kappa shape index (κ3) is 15.8. The fourth-order valence-electron chi connectivity index (χ4n) is 0.0481. The van der Waals surface area contributed by atoms with Crippen LogP contribution in [0.25, 0.3) is 0 Å². The van der Waals surface area contributed by atoms with Crippen molar-refractivity contribution in [1.82, 2.24) is 0 Å². The predicted molar refractivity (Wildman–Crippen MR) is 11.3 cm³/mol. The first-order chi connectivity index (χ1) is 2.77. The molecule has 0 amide bonds. The number of carbonyl (C=O) groups excluding carboxylic acids is 1. The van der Waals surface area contributed by atoms with E-state index in [4.69, 9.17) is 15.0 Å². The Kier molecular flexibility index (Phi) is 25.7. The molecule has 0 rings (SSSR count). The Bertz CT molecular complexity index is 56.0. The zero-order valence-corrected chi connectivity index (χ0v) is 11.1. The van der Waals surface area contributed by atoms with Gasteiger partial charge in [-0.2, -0.15) is 0 Å². The topological polar surface area (TPSA) is 72.4 Å². The Morgan fingerprint density at radius 1 is 1.50 bits per heavy atom. The van der Waals surface area contributed by atoms with Crippen molar-refractivity contribution in [3.63, 3.8) is 0 Å². The van der Waals surface area contributed by atoms with Crippen LogP contribution in [0.2, 0.25) is 0 Å². The summed E-state index contributed by atoms with van der Waals surface area (Å²) in [5.74, 6) is 0. The van der Waals surface area contributed by atoms with Crippen molar-refractivity contribution >= 4 is 6.16 Å². The zero-order chi connectivity index (χ0) is 4.99. The molecule has 0 aliphatic rings. The van der Waals surface area contributed by atoms with Crippen LogP contribution in [0, 0.1) is 0 Å². The first kappa shape index (κ1) is 16.8. The van der Waals surface area contributed by atoms with E-state index in [1.807, 2.05) is 0 Å². The van der Waals surface area contributed by atoms with Gasteiger partial charge in [0.2, 0.25) is 0 Å². The molecule has 0 radical (unpaired) electrons. The van der Waals surface area contributed by atoms with Crippen LogP contribution in [0.15, 0.2) is 0 Å². The third-order valence-electron chi connectivity index (χ3n) is 0.177. The van der Waals surface area contributed by atoms with E-state index in [1.54, 1.807) is 0 Å². The molecule has 0 aromatic heterocycles. The molecule has 0 unspecified atom stereocenters. The van der Waals surface area contributed by atoms with Crippen molar-refractivity contribution in [3.8, 4) is 0 Å². The minimum absolute atomic E-state index is 0. The maximum Gasteiger partial charge on any atom is 1.00 e. The van der Waals surface area contributed by atoms with Crippen molar-refractivity contribution in [2.45, 2.75) is 0 Å². The van der Waals surface area contributed by atoms with Gasteiger partial charge >= 0.3 is 103 Å². The average Bonchev–Trinajstić information content (AvgIpc) is 1.35. The molecule has 0 aliphatic heterocycles. The standard InChI is InChI=1S/C2H3O4.2K/c3-1-6-2(4)5;;/h1H2,(H,4,5);;/q-1;2*+1/p-1. The Balaban J connectivity index is -0.000000125. The fraction of sp³-hybridized carbons (Fsp3) is 0.500. The number of rotatable bonds is 1. The van der Waals surface area contributed by atoms with Crippen LogP contribution in [0.4, 0.5) is 4.79 Å². The monoisotopic (exact) mass is 168 g/mol. The zero-order valence-electron chi connectivity index (χ0n) is 4.84. The van der Waals surface area contributed by atoms with Crippen molar-refractivity contribution in [2.75, 3.05) is 6.79 Å². The molecule has 0 spiro atoms. The van der Waals surface area contributed by atoms with Crippen molar-refractivity contribution in [1.29, 1.82) is 0 Å². The first-order valence-electron chi connectivity index (χ1n) is 1.19. The quantitative estimate of drug-likeness (QED) is 0.221. The third-order valence-corrected chi connectivity index (χ3v) is 0.177. The summed E-state index contributed by atoms with van der Waals surface area (Å²) in [5.41, 5.74) is 0. The molecule has 0 heterocycles. The molecule has 4 nitrogen and oxygen atoms in total. The molecule has 0 aromatic rings. The van der Waals surface area contributed by atoms with Gasteiger partial charge in [-0.1, -0.05) is 6.79 Å². The molecule has 36 valence electrons. The number of hydrogen-bond acceptors (Lipinski definition) is 4. The molecule has 0 aromatic carbocycles. The second-order valence-electron chi connectivity index (χ2n) is 0.512. The van der Waals surface area contributed by atoms with E-state index in [0.29, 0.717) is 0 Å². The van der Waals surface area contributed by atoms with Gasteiger partial charge in [0, 0.05) is 0 Å². The van der Waals surface area contributed by atoms with Gasteiger partial charge in [0.25, 0.3) is 6.16 Å². The van der Waals surface area contributed by atoms with Gasteiger partial charge in [-0.15, -0.1) is 0 Å². The summed E-state index contributed by atoms with van der Waals surface area (Å²) >= 11 is 0. The molecule has 0 fully saturated rings. The molecule has 6 heteroatoms. The Hall–Kier alpha value is 2.50. The van der Waals surface area contributed by atoms with Crippen LogP contribution < -0.4 is 113 Å². The predicted octanol–water partition coefficient (Wildman–Crippen LogP) is -8.33. The van der Waals surface area contributed by atoms with E-state index >= 15 is 0 Å². The number of carboxylic acid groups (broad SMARTS) is 1. The Labute approximate surface area is 132 Å². The van der Waals surface area contributed by atoms with Crippen molar-refractivity contribution in [3.05, 3.63) is 0 Å². The minimum Gasteiger partial charge on any atom is -0.839 e. The van der Waals surface area contributed by atoms with Crippen molar-refractivity contribution in [2.24, 2.45) is 0 Å². The second-order valence-corrected chi connectivity index (χ2v) is 0.512. The summed E-state index contributed by atoms with van der Waals surface area (Å²) in [4.78, 5) is 9.07. The molecule has 0 saturated carbocycles. The van der Waals surface area contributed by atoms with Crippen LogP contribution in [0.5, 0.6) is 0 Å². The maximum absolute atomic E-state index is 9.10. The second kappa shape index (κ2) is 12.2. The molecule has 0 bridgehead atoms. The molecule has 8 heavy (non-hydrogen) atoms. The van der Waals surface area contributed by atoms with Gasteiger partial charge in [0.05, 0.1) is 0 Å². The summed E-state index contributed by atoms with van der Waals surface area (Å²) in [6, 6.07) is 0. The van der Waals surface area contributed by atoms with Crippen LogP contribution >= 0.6 is 0 Å². The van der Waals surface area contributed by atoms with Crippen LogP contribution in [-0.2, 0) is 4.74 Å². The van der Waals surface area contributed by atoms with Gasteiger partial charge in [0.1, 0.15) is 0 Å². The molecule has 0 saturated heterocycles. The SMILES string of the molecule is O=C([O-])OC[O-].[K+].[K+]. The summed E-state index contributed by atoms with van der Waals surface area (Å²) in [6.07, 6.45) is -1.77. The van der Waals surface area contributed by atoms with E-state index in [2.05, 4.69) is 4.74 Å². The summed E-state index contributed by atoms with van der Waals surface area (Å²) < 4.78 is 3.29. The molecule has 0 atom stereocenters. The van der Waals surface area contributed by atoms with Gasteiger partial charge < -0.3 is 19.7 Å². The van der Waals surface area contributed by atoms with Gasteiger partial charge in [0.15, 0.2) is 0 Å². The summed E-state index contributed by atoms with van der Waals surface area (Å²) in [6.45, 7) is -1.08. The number of ether oxygens (including phenoxy) is 1. The molecular formula is C2H2K2O4. The van der Waals surface area contributed by atoms with Crippen molar-refractivity contribution < 1.29 is 123 Å². The van der Waals surface area contributed by atoms with Crippen LogP contribution in [-0.4, -0.2) is 12.9 Å². The summed E-state index contributed by atoms with van der Waals surface area (Å²) in [5, 5.41) is 18.2.